The maximum atomic E-state index is 12.1. The molecule has 2 aromatic rings. The van der Waals surface area contributed by atoms with Crippen LogP contribution in [0.3, 0.4) is 0 Å². The number of hydrogen-bond acceptors (Lipinski definition) is 4. The van der Waals surface area contributed by atoms with Crippen LogP contribution in [0.1, 0.15) is 5.56 Å². The molecule has 0 spiro atoms. The Morgan fingerprint density at radius 1 is 1.04 bits per heavy atom. The van der Waals surface area contributed by atoms with Gasteiger partial charge in [-0.1, -0.05) is 42.5 Å². The van der Waals surface area contributed by atoms with Crippen molar-refractivity contribution in [3.8, 4) is 0 Å². The number of carbonyl (C=O) groups excluding carboxylic acids is 1. The second-order valence-electron chi connectivity index (χ2n) is 5.96. The van der Waals surface area contributed by atoms with E-state index in [2.05, 4.69) is 5.32 Å². The number of amides is 2. The first kappa shape index (κ1) is 19.2. The van der Waals surface area contributed by atoms with Gasteiger partial charge < -0.3 is 25.5 Å². The highest BCUT2D eigenvalue weighted by molar-refractivity contribution is 5.85. The highest BCUT2D eigenvalue weighted by atomic mass is 16.4. The van der Waals surface area contributed by atoms with Crippen molar-refractivity contribution < 1.29 is 29.7 Å². The summed E-state index contributed by atoms with van der Waals surface area (Å²) in [6.07, 6.45) is -1.67. The monoisotopic (exact) mass is 360 g/mol. The van der Waals surface area contributed by atoms with Gasteiger partial charge in [0.15, 0.2) is 6.10 Å². The van der Waals surface area contributed by atoms with E-state index in [1.54, 1.807) is 6.07 Å². The van der Waals surface area contributed by atoms with Gasteiger partial charge in [-0.25, -0.2) is 14.4 Å². The van der Waals surface area contributed by atoms with Gasteiger partial charge in [0.25, 0.3) is 0 Å². The molecule has 0 saturated heterocycles. The summed E-state index contributed by atoms with van der Waals surface area (Å²) in [6, 6.07) is 11.2. The van der Waals surface area contributed by atoms with Gasteiger partial charge in [-0.3, -0.25) is 0 Å². The van der Waals surface area contributed by atoms with Gasteiger partial charge in [0, 0.05) is 13.5 Å². The molecule has 0 aliphatic heterocycles. The predicted octanol–water partition coefficient (Wildman–Crippen LogP) is 0.922. The fraction of sp³-hybridized carbons (Fsp3) is 0.278. The van der Waals surface area contributed by atoms with E-state index in [0.29, 0.717) is 0 Å². The standard InChI is InChI=1S/C18H20N2O6/c1-20(10-15(21)17(24)25)18(26)19-14(16(22)23)9-11-6-7-12-4-2-3-5-13(12)8-11/h2-8,14-15,21H,9-10H2,1H3,(H,19,26)(H,22,23)(H,24,25)/t14-,15?/m0/s1. The topological polar surface area (TPSA) is 127 Å². The average Bonchev–Trinajstić information content (AvgIpc) is 2.60. The number of hydrogen-bond donors (Lipinski definition) is 4. The largest absolute Gasteiger partial charge is 0.480 e. The van der Waals surface area contributed by atoms with Crippen LogP contribution in [-0.4, -0.2) is 63.9 Å². The predicted molar refractivity (Wildman–Crippen MR) is 93.9 cm³/mol. The third-order valence-electron chi connectivity index (χ3n) is 3.93. The zero-order chi connectivity index (χ0) is 19.3. The lowest BCUT2D eigenvalue weighted by atomic mass is 10.0. The third kappa shape index (κ3) is 4.93. The summed E-state index contributed by atoms with van der Waals surface area (Å²) in [5.74, 6) is -2.67. The van der Waals surface area contributed by atoms with Crippen LogP contribution in [0.4, 0.5) is 4.79 Å². The number of nitrogens with one attached hydrogen (secondary N) is 1. The van der Waals surface area contributed by atoms with Gasteiger partial charge >= 0.3 is 18.0 Å². The Kier molecular flexibility index (Phi) is 6.13. The van der Waals surface area contributed by atoms with Crippen molar-refractivity contribution in [3.05, 3.63) is 48.0 Å². The number of aliphatic hydroxyl groups is 1. The Morgan fingerprint density at radius 3 is 2.31 bits per heavy atom. The lowest BCUT2D eigenvalue weighted by molar-refractivity contribution is -0.147. The molecule has 8 heteroatoms. The maximum absolute atomic E-state index is 12.1. The molecular weight excluding hydrogens is 340 g/mol. The molecule has 0 bridgehead atoms. The minimum Gasteiger partial charge on any atom is -0.480 e. The van der Waals surface area contributed by atoms with Gasteiger partial charge in [0.2, 0.25) is 0 Å². The van der Waals surface area contributed by atoms with E-state index < -0.39 is 36.7 Å². The van der Waals surface area contributed by atoms with Crippen molar-refractivity contribution in [2.75, 3.05) is 13.6 Å². The van der Waals surface area contributed by atoms with Crippen LogP contribution in [0, 0.1) is 0 Å². The molecule has 138 valence electrons. The number of benzene rings is 2. The van der Waals surface area contributed by atoms with Gasteiger partial charge in [0.1, 0.15) is 6.04 Å². The van der Waals surface area contributed by atoms with Gasteiger partial charge in [-0.15, -0.1) is 0 Å². The Hall–Kier alpha value is -3.13. The first-order chi connectivity index (χ1) is 12.3. The third-order valence-corrected chi connectivity index (χ3v) is 3.93. The number of likely N-dealkylation sites (N-methyl/N-ethyl adjacent to an activating group) is 1. The van der Waals surface area contributed by atoms with Gasteiger partial charge in [-0.05, 0) is 16.3 Å². The highest BCUT2D eigenvalue weighted by Gasteiger charge is 2.24. The maximum Gasteiger partial charge on any atom is 0.334 e. The summed E-state index contributed by atoms with van der Waals surface area (Å²) in [4.78, 5) is 35.1. The smallest absolute Gasteiger partial charge is 0.334 e. The number of carboxylic acid groups (broad SMARTS) is 2. The van der Waals surface area contributed by atoms with Crippen molar-refractivity contribution in [1.29, 1.82) is 0 Å². The highest BCUT2D eigenvalue weighted by Crippen LogP contribution is 2.16. The zero-order valence-electron chi connectivity index (χ0n) is 14.1. The SMILES string of the molecule is CN(CC(O)C(=O)O)C(=O)N[C@@H](Cc1ccc2ccccc2c1)C(=O)O. The number of aliphatic carboxylic acids is 2. The molecule has 0 aliphatic rings. The van der Waals surface area contributed by atoms with E-state index in [9.17, 15) is 24.6 Å². The summed E-state index contributed by atoms with van der Waals surface area (Å²) in [6.45, 7) is -0.455. The second-order valence-corrected chi connectivity index (χ2v) is 5.96. The fourth-order valence-corrected chi connectivity index (χ4v) is 2.48. The van der Waals surface area contributed by atoms with E-state index in [4.69, 9.17) is 5.11 Å². The van der Waals surface area contributed by atoms with Crippen molar-refractivity contribution in [3.63, 3.8) is 0 Å². The van der Waals surface area contributed by atoms with Crippen molar-refractivity contribution in [2.45, 2.75) is 18.6 Å². The minimum absolute atomic E-state index is 0.0707. The van der Waals surface area contributed by atoms with Gasteiger partial charge in [0.05, 0.1) is 6.54 Å². The number of fused-ring (bicyclic) bond motifs is 1. The van der Waals surface area contributed by atoms with Gasteiger partial charge in [-0.2, -0.15) is 0 Å². The lowest BCUT2D eigenvalue weighted by Crippen LogP contribution is -2.50. The number of rotatable bonds is 7. The quantitative estimate of drug-likeness (QED) is 0.581. The molecule has 26 heavy (non-hydrogen) atoms. The number of aliphatic hydroxyl groups excluding tert-OH is 1. The number of nitrogens with zero attached hydrogens (tertiary/aromatic N) is 1. The summed E-state index contributed by atoms with van der Waals surface area (Å²) in [7, 11) is 1.27. The van der Waals surface area contributed by atoms with Crippen molar-refractivity contribution in [1.82, 2.24) is 10.2 Å². The molecule has 2 rings (SSSR count). The molecule has 2 amide bonds. The molecule has 8 nitrogen and oxygen atoms in total. The van der Waals surface area contributed by atoms with E-state index in [1.807, 2.05) is 36.4 Å². The first-order valence-corrected chi connectivity index (χ1v) is 7.91. The van der Waals surface area contributed by atoms with Crippen molar-refractivity contribution in [2.24, 2.45) is 0 Å². The molecule has 0 radical (unpaired) electrons. The van der Waals surface area contributed by atoms with Crippen LogP contribution in [0.15, 0.2) is 42.5 Å². The lowest BCUT2D eigenvalue weighted by Gasteiger charge is -2.22. The molecule has 0 aliphatic carbocycles. The molecule has 2 atom stereocenters. The first-order valence-electron chi connectivity index (χ1n) is 7.91. The minimum atomic E-state index is -1.74. The molecule has 2 aromatic carbocycles. The number of carboxylic acids is 2. The zero-order valence-corrected chi connectivity index (χ0v) is 14.1. The Morgan fingerprint density at radius 2 is 1.69 bits per heavy atom. The summed E-state index contributed by atoms with van der Waals surface area (Å²) < 4.78 is 0. The average molecular weight is 360 g/mol. The normalized spacial score (nSPS) is 13.0. The Labute approximate surface area is 149 Å². The molecule has 0 aromatic heterocycles. The van der Waals surface area contributed by atoms with E-state index in [-0.39, 0.29) is 6.42 Å². The van der Waals surface area contributed by atoms with Crippen LogP contribution in [-0.2, 0) is 16.0 Å². The molecule has 0 saturated carbocycles. The number of urea groups is 1. The second kappa shape index (κ2) is 8.30. The van der Waals surface area contributed by atoms with E-state index >= 15 is 0 Å². The number of carbonyl (C=O) groups is 3. The Bertz CT molecular complexity index is 822. The molecule has 4 N–H and O–H groups in total. The fourth-order valence-electron chi connectivity index (χ4n) is 2.48. The molecule has 1 unspecified atom stereocenters. The van der Waals surface area contributed by atoms with Crippen LogP contribution in [0.2, 0.25) is 0 Å². The summed E-state index contributed by atoms with van der Waals surface area (Å²) >= 11 is 0. The van der Waals surface area contributed by atoms with Crippen LogP contribution < -0.4 is 5.32 Å². The summed E-state index contributed by atoms with van der Waals surface area (Å²) in [5.41, 5.74) is 0.740. The van der Waals surface area contributed by atoms with E-state index in [0.717, 1.165) is 21.2 Å². The molecule has 0 heterocycles. The van der Waals surface area contributed by atoms with Crippen LogP contribution >= 0.6 is 0 Å². The van der Waals surface area contributed by atoms with E-state index in [1.165, 1.54) is 7.05 Å². The molecular formula is C18H20N2O6. The summed E-state index contributed by atoms with van der Waals surface area (Å²) in [5, 5.41) is 31.6. The molecule has 0 fully saturated rings. The van der Waals surface area contributed by atoms with Crippen LogP contribution in [0.25, 0.3) is 10.8 Å². The van der Waals surface area contributed by atoms with Crippen molar-refractivity contribution >= 4 is 28.7 Å². The Balaban J connectivity index is 2.06. The van der Waals surface area contributed by atoms with Crippen LogP contribution in [0.5, 0.6) is 0 Å².